The molecule has 2 atom stereocenters. The van der Waals surface area contributed by atoms with Crippen molar-refractivity contribution in [2.75, 3.05) is 31.1 Å². The Morgan fingerprint density at radius 3 is 2.47 bits per heavy atom. The monoisotopic (exact) mass is 599 g/mol. The van der Waals surface area contributed by atoms with Gasteiger partial charge in [0.15, 0.2) is 0 Å². The van der Waals surface area contributed by atoms with Gasteiger partial charge in [-0.3, -0.25) is 24.3 Å². The Hall–Kier alpha value is -3.51. The van der Waals surface area contributed by atoms with Crippen LogP contribution in [-0.4, -0.2) is 81.9 Å². The van der Waals surface area contributed by atoms with Gasteiger partial charge in [-0.15, -0.1) is 0 Å². The average molecular weight is 600 g/mol. The van der Waals surface area contributed by atoms with Crippen molar-refractivity contribution in [3.8, 4) is 0 Å². The Morgan fingerprint density at radius 2 is 1.79 bits per heavy atom. The number of fused-ring (bicyclic) bond motifs is 1. The fourth-order valence-electron chi connectivity index (χ4n) is 7.39. The van der Waals surface area contributed by atoms with Gasteiger partial charge in [0.1, 0.15) is 5.60 Å². The third-order valence-corrected chi connectivity index (χ3v) is 9.65. The predicted octanol–water partition coefficient (Wildman–Crippen LogP) is 3.46. The van der Waals surface area contributed by atoms with Crippen molar-refractivity contribution >= 4 is 23.4 Å². The summed E-state index contributed by atoms with van der Waals surface area (Å²) in [7, 11) is 0. The zero-order valence-corrected chi connectivity index (χ0v) is 23.9. The molecular weight excluding hydrogens is 563 g/mol. The van der Waals surface area contributed by atoms with E-state index in [1.54, 1.807) is 16.0 Å². The number of anilines is 1. The fraction of sp³-hybridized carbons (Fsp3) is 0.548. The molecule has 1 aliphatic carbocycles. The number of halogens is 3. The smallest absolute Gasteiger partial charge is 0.384 e. The molecule has 12 heteroatoms. The highest BCUT2D eigenvalue weighted by Gasteiger charge is 2.48. The maximum Gasteiger partial charge on any atom is 0.416 e. The normalized spacial score (nSPS) is 27.9. The van der Waals surface area contributed by atoms with Crippen molar-refractivity contribution in [3.05, 3.63) is 59.4 Å². The van der Waals surface area contributed by atoms with Crippen LogP contribution in [0.25, 0.3) is 0 Å². The minimum Gasteiger partial charge on any atom is -0.384 e. The Bertz CT molecular complexity index is 1380. The van der Waals surface area contributed by atoms with Crippen LogP contribution in [0, 0.1) is 0 Å². The summed E-state index contributed by atoms with van der Waals surface area (Å²) in [5.74, 6) is -0.853. The summed E-state index contributed by atoms with van der Waals surface area (Å²) in [5.41, 5.74) is -0.671. The van der Waals surface area contributed by atoms with Crippen LogP contribution in [0.1, 0.15) is 73.0 Å². The summed E-state index contributed by atoms with van der Waals surface area (Å²) in [6.45, 7) is 1.83. The highest BCUT2D eigenvalue weighted by molar-refractivity contribution is 5.97. The number of nitrogens with zero attached hydrogens (tertiary/aromatic N) is 4. The Morgan fingerprint density at radius 1 is 1.02 bits per heavy atom. The number of carbonyl (C=O) groups excluding carboxylic acids is 3. The second-order valence-electron chi connectivity index (χ2n) is 12.1. The summed E-state index contributed by atoms with van der Waals surface area (Å²) in [6, 6.07) is 8.37. The van der Waals surface area contributed by atoms with Crippen LogP contribution in [-0.2, 0) is 21.4 Å². The Labute approximate surface area is 248 Å². The van der Waals surface area contributed by atoms with E-state index in [-0.39, 0.29) is 42.0 Å². The van der Waals surface area contributed by atoms with Gasteiger partial charge >= 0.3 is 6.18 Å². The molecular formula is C31H36F3N5O4. The van der Waals surface area contributed by atoms with E-state index in [1.165, 1.54) is 12.1 Å². The molecule has 230 valence electrons. The summed E-state index contributed by atoms with van der Waals surface area (Å²) in [6.07, 6.45) is 2.90. The molecule has 1 aromatic carbocycles. The van der Waals surface area contributed by atoms with Crippen LogP contribution in [0.5, 0.6) is 0 Å². The average Bonchev–Trinajstić information content (AvgIpc) is 3.73. The van der Waals surface area contributed by atoms with Crippen LogP contribution in [0.4, 0.5) is 18.9 Å². The molecule has 1 saturated carbocycles. The molecule has 4 heterocycles. The number of carbonyl (C=O) groups is 3. The van der Waals surface area contributed by atoms with Gasteiger partial charge in [0.2, 0.25) is 11.8 Å². The number of aromatic nitrogens is 1. The molecule has 0 unspecified atom stereocenters. The lowest BCUT2D eigenvalue weighted by Crippen LogP contribution is -2.47. The topological polar surface area (TPSA) is 106 Å². The minimum absolute atomic E-state index is 0.0290. The van der Waals surface area contributed by atoms with Crippen molar-refractivity contribution in [2.24, 2.45) is 0 Å². The molecule has 4 fully saturated rings. The molecule has 43 heavy (non-hydrogen) atoms. The molecule has 0 spiro atoms. The summed E-state index contributed by atoms with van der Waals surface area (Å²) >= 11 is 0. The van der Waals surface area contributed by atoms with Crippen LogP contribution >= 0.6 is 0 Å². The predicted molar refractivity (Wildman–Crippen MR) is 151 cm³/mol. The third-order valence-electron chi connectivity index (χ3n) is 9.65. The van der Waals surface area contributed by atoms with E-state index in [1.807, 2.05) is 12.1 Å². The van der Waals surface area contributed by atoms with Gasteiger partial charge in [-0.05, 0) is 75.3 Å². The summed E-state index contributed by atoms with van der Waals surface area (Å²) in [5, 5.41) is 13.9. The number of benzene rings is 1. The quantitative estimate of drug-likeness (QED) is 0.527. The molecule has 0 bridgehead atoms. The largest absolute Gasteiger partial charge is 0.416 e. The highest BCUT2D eigenvalue weighted by Crippen LogP contribution is 2.42. The summed E-state index contributed by atoms with van der Waals surface area (Å²) < 4.78 is 39.0. The molecule has 6 rings (SSSR count). The highest BCUT2D eigenvalue weighted by atomic mass is 19.4. The van der Waals surface area contributed by atoms with Crippen molar-refractivity contribution in [1.82, 2.24) is 20.1 Å². The van der Waals surface area contributed by atoms with E-state index in [2.05, 4.69) is 15.2 Å². The van der Waals surface area contributed by atoms with Crippen LogP contribution < -0.4 is 10.2 Å². The van der Waals surface area contributed by atoms with E-state index in [0.29, 0.717) is 38.0 Å². The van der Waals surface area contributed by atoms with Gasteiger partial charge in [-0.2, -0.15) is 13.2 Å². The maximum absolute atomic E-state index is 13.1. The SMILES string of the molecule is O=C(NCC(=O)N1CC[C@@H]2[C@H]1CCN2C1CCC(O)(c2ccc(N3CCCC3=O)cn2)CC1)c1cccc(C(F)(F)F)c1. The van der Waals surface area contributed by atoms with Crippen molar-refractivity contribution in [1.29, 1.82) is 0 Å². The molecule has 2 aromatic rings. The van der Waals surface area contributed by atoms with E-state index < -0.39 is 23.2 Å². The van der Waals surface area contributed by atoms with Crippen LogP contribution in [0.2, 0.25) is 0 Å². The first kappa shape index (κ1) is 29.6. The van der Waals surface area contributed by atoms with E-state index >= 15 is 0 Å². The molecule has 3 amide bonds. The second kappa shape index (κ2) is 11.5. The number of amides is 3. The number of pyridine rings is 1. The standard InChI is InChI=1S/C31H36F3N5O4/c32-31(33,34)21-4-1-3-20(17-21)29(42)36-19-28(41)39-16-11-24-25(39)10-15-37(24)22-8-12-30(43,13-9-22)26-7-6-23(18-35-26)38-14-2-5-27(38)40/h1,3-4,6-7,17-18,22,24-25,43H,2,5,8-16,19H2,(H,36,42)/t22?,24-,25-,30?/m1/s1. The Balaban J connectivity index is 1.01. The zero-order chi connectivity index (χ0) is 30.4. The molecule has 9 nitrogen and oxygen atoms in total. The van der Waals surface area contributed by atoms with Crippen LogP contribution in [0.3, 0.4) is 0 Å². The number of alkyl halides is 3. The van der Waals surface area contributed by atoms with E-state index in [4.69, 9.17) is 0 Å². The number of hydrogen-bond acceptors (Lipinski definition) is 6. The van der Waals surface area contributed by atoms with Gasteiger partial charge in [-0.1, -0.05) is 6.07 Å². The fourth-order valence-corrected chi connectivity index (χ4v) is 7.39. The first-order valence-electron chi connectivity index (χ1n) is 15.0. The number of rotatable bonds is 6. The van der Waals surface area contributed by atoms with Crippen molar-refractivity contribution < 1.29 is 32.7 Å². The van der Waals surface area contributed by atoms with Crippen molar-refractivity contribution in [3.63, 3.8) is 0 Å². The molecule has 4 aliphatic rings. The van der Waals surface area contributed by atoms with Gasteiger partial charge < -0.3 is 20.2 Å². The second-order valence-corrected chi connectivity index (χ2v) is 12.1. The van der Waals surface area contributed by atoms with Gasteiger partial charge in [0, 0.05) is 49.7 Å². The first-order chi connectivity index (χ1) is 20.5. The lowest BCUT2D eigenvalue weighted by Gasteiger charge is -2.41. The Kier molecular flexibility index (Phi) is 7.93. The molecule has 3 aliphatic heterocycles. The molecule has 3 saturated heterocycles. The zero-order valence-electron chi connectivity index (χ0n) is 23.9. The minimum atomic E-state index is -4.56. The summed E-state index contributed by atoms with van der Waals surface area (Å²) in [4.78, 5) is 48.1. The lowest BCUT2D eigenvalue weighted by molar-refractivity contribution is -0.137. The number of nitrogens with one attached hydrogen (secondary N) is 1. The molecule has 0 radical (unpaired) electrons. The van der Waals surface area contributed by atoms with Crippen molar-refractivity contribution in [2.45, 2.75) is 81.3 Å². The first-order valence-corrected chi connectivity index (χ1v) is 15.0. The number of likely N-dealkylation sites (tertiary alicyclic amines) is 2. The third kappa shape index (κ3) is 5.86. The van der Waals surface area contributed by atoms with E-state index in [0.717, 1.165) is 56.5 Å². The van der Waals surface area contributed by atoms with Gasteiger partial charge in [-0.25, -0.2) is 0 Å². The lowest BCUT2D eigenvalue weighted by atomic mass is 9.79. The number of hydrogen-bond donors (Lipinski definition) is 2. The molecule has 2 N–H and O–H groups in total. The molecule has 1 aromatic heterocycles. The van der Waals surface area contributed by atoms with Gasteiger partial charge in [0.25, 0.3) is 5.91 Å². The maximum atomic E-state index is 13.1. The van der Waals surface area contributed by atoms with E-state index in [9.17, 15) is 32.7 Å². The van der Waals surface area contributed by atoms with Gasteiger partial charge in [0.05, 0.1) is 29.7 Å². The number of aliphatic hydroxyl groups is 1. The van der Waals surface area contributed by atoms with Crippen LogP contribution in [0.15, 0.2) is 42.6 Å².